The lowest BCUT2D eigenvalue weighted by atomic mass is 10.1. The average molecular weight is 414 g/mol. The highest BCUT2D eigenvalue weighted by Gasteiger charge is 2.23. The standard InChI is InChI=1S/C20H22N4O4S/c1-4-28-18-11-7-16(8-12-18)24-14(2)21-22-20(24)29-19(13-23(25)26)15-5-9-17(27-3)10-6-15/h5-12,19H,4,13H2,1-3H3/t19-/m0/s1. The number of aromatic nitrogens is 3. The zero-order valence-corrected chi connectivity index (χ0v) is 17.3. The Kier molecular flexibility index (Phi) is 6.71. The maximum Gasteiger partial charge on any atom is 0.220 e. The van der Waals surface area contributed by atoms with Gasteiger partial charge in [0.05, 0.1) is 13.7 Å². The molecule has 0 aliphatic heterocycles. The first-order valence-corrected chi connectivity index (χ1v) is 9.97. The number of rotatable bonds is 9. The van der Waals surface area contributed by atoms with Gasteiger partial charge in [-0.2, -0.15) is 0 Å². The Labute approximate surface area is 173 Å². The van der Waals surface area contributed by atoms with Crippen LogP contribution < -0.4 is 9.47 Å². The SMILES string of the molecule is CCOc1ccc(-n2c(C)nnc2S[C@@H](C[N+](=O)[O-])c2ccc(OC)cc2)cc1. The highest BCUT2D eigenvalue weighted by molar-refractivity contribution is 7.99. The van der Waals surface area contributed by atoms with E-state index in [0.717, 1.165) is 17.0 Å². The fraction of sp³-hybridized carbons (Fsp3) is 0.300. The molecule has 3 aromatic rings. The molecular formula is C20H22N4O4S. The molecule has 0 N–H and O–H groups in total. The Balaban J connectivity index is 1.91. The molecule has 0 spiro atoms. The molecule has 0 aliphatic rings. The molecule has 2 aromatic carbocycles. The maximum atomic E-state index is 11.3. The van der Waals surface area contributed by atoms with Gasteiger partial charge in [-0.15, -0.1) is 10.2 Å². The summed E-state index contributed by atoms with van der Waals surface area (Å²) in [5.41, 5.74) is 1.69. The van der Waals surface area contributed by atoms with E-state index < -0.39 is 5.25 Å². The fourth-order valence-electron chi connectivity index (χ4n) is 2.87. The minimum absolute atomic E-state index is 0.230. The molecule has 29 heavy (non-hydrogen) atoms. The molecule has 0 amide bonds. The summed E-state index contributed by atoms with van der Waals surface area (Å²) in [4.78, 5) is 11.0. The van der Waals surface area contributed by atoms with E-state index in [1.807, 2.05) is 54.8 Å². The van der Waals surface area contributed by atoms with E-state index in [1.165, 1.54) is 11.8 Å². The summed E-state index contributed by atoms with van der Waals surface area (Å²) >= 11 is 1.32. The van der Waals surface area contributed by atoms with Crippen molar-refractivity contribution in [2.24, 2.45) is 0 Å². The van der Waals surface area contributed by atoms with Crippen LogP contribution in [0.1, 0.15) is 23.6 Å². The van der Waals surface area contributed by atoms with Gasteiger partial charge in [-0.05, 0) is 55.8 Å². The van der Waals surface area contributed by atoms with Crippen molar-refractivity contribution in [2.75, 3.05) is 20.3 Å². The van der Waals surface area contributed by atoms with Crippen LogP contribution in [0.5, 0.6) is 11.5 Å². The first kappa shape index (κ1) is 20.7. The third kappa shape index (κ3) is 5.05. The number of aryl methyl sites for hydroxylation is 1. The number of hydrogen-bond acceptors (Lipinski definition) is 7. The summed E-state index contributed by atoms with van der Waals surface area (Å²) in [6, 6.07) is 14.9. The minimum Gasteiger partial charge on any atom is -0.497 e. The highest BCUT2D eigenvalue weighted by Crippen LogP contribution is 2.36. The number of nitrogens with zero attached hydrogens (tertiary/aromatic N) is 4. The number of hydrogen-bond donors (Lipinski definition) is 0. The second-order valence-corrected chi connectivity index (χ2v) is 7.36. The average Bonchev–Trinajstić information content (AvgIpc) is 3.08. The molecule has 0 bridgehead atoms. The molecule has 1 heterocycles. The predicted octanol–water partition coefficient (Wildman–Crippen LogP) is 4.09. The van der Waals surface area contributed by atoms with Crippen molar-refractivity contribution in [3.63, 3.8) is 0 Å². The summed E-state index contributed by atoms with van der Waals surface area (Å²) in [5.74, 6) is 2.18. The van der Waals surface area contributed by atoms with Crippen molar-refractivity contribution in [1.82, 2.24) is 14.8 Å². The zero-order chi connectivity index (χ0) is 20.8. The predicted molar refractivity (Wildman–Crippen MR) is 111 cm³/mol. The van der Waals surface area contributed by atoms with Crippen molar-refractivity contribution in [3.05, 3.63) is 70.0 Å². The van der Waals surface area contributed by atoms with Crippen LogP contribution in [0, 0.1) is 17.0 Å². The van der Waals surface area contributed by atoms with E-state index in [9.17, 15) is 10.1 Å². The van der Waals surface area contributed by atoms with Gasteiger partial charge in [0.1, 0.15) is 22.6 Å². The molecule has 0 fully saturated rings. The quantitative estimate of drug-likeness (QED) is 0.296. The minimum atomic E-state index is -0.416. The van der Waals surface area contributed by atoms with Crippen LogP contribution in [0.25, 0.3) is 5.69 Å². The Morgan fingerprint density at radius 3 is 2.34 bits per heavy atom. The summed E-state index contributed by atoms with van der Waals surface area (Å²) in [6.45, 7) is 4.15. The normalized spacial score (nSPS) is 11.8. The first-order chi connectivity index (χ1) is 14.0. The molecule has 0 unspecified atom stereocenters. The molecule has 9 heteroatoms. The molecule has 3 rings (SSSR count). The Morgan fingerprint density at radius 1 is 1.10 bits per heavy atom. The van der Waals surface area contributed by atoms with Crippen LogP contribution >= 0.6 is 11.8 Å². The molecule has 1 aromatic heterocycles. The van der Waals surface area contributed by atoms with E-state index in [1.54, 1.807) is 19.2 Å². The zero-order valence-electron chi connectivity index (χ0n) is 16.4. The topological polar surface area (TPSA) is 92.3 Å². The molecule has 8 nitrogen and oxygen atoms in total. The molecule has 152 valence electrons. The van der Waals surface area contributed by atoms with Crippen LogP contribution in [0.4, 0.5) is 0 Å². The number of ether oxygens (including phenoxy) is 2. The van der Waals surface area contributed by atoms with Gasteiger partial charge in [0.15, 0.2) is 5.16 Å². The maximum absolute atomic E-state index is 11.3. The Morgan fingerprint density at radius 2 is 1.76 bits per heavy atom. The van der Waals surface area contributed by atoms with Gasteiger partial charge in [0.2, 0.25) is 6.54 Å². The van der Waals surface area contributed by atoms with Gasteiger partial charge in [-0.25, -0.2) is 0 Å². The molecule has 1 atom stereocenters. The van der Waals surface area contributed by atoms with Crippen LogP contribution in [-0.2, 0) is 0 Å². The van der Waals surface area contributed by atoms with Crippen molar-refractivity contribution >= 4 is 11.8 Å². The number of methoxy groups -OCH3 is 1. The van der Waals surface area contributed by atoms with Crippen LogP contribution in [0.15, 0.2) is 53.7 Å². The van der Waals surface area contributed by atoms with Crippen LogP contribution in [-0.4, -0.2) is 39.9 Å². The lowest BCUT2D eigenvalue weighted by Gasteiger charge is -2.15. The van der Waals surface area contributed by atoms with Crippen molar-refractivity contribution in [1.29, 1.82) is 0 Å². The lowest BCUT2D eigenvalue weighted by molar-refractivity contribution is -0.479. The second-order valence-electron chi connectivity index (χ2n) is 6.19. The third-order valence-electron chi connectivity index (χ3n) is 4.25. The molecular weight excluding hydrogens is 392 g/mol. The van der Waals surface area contributed by atoms with Gasteiger partial charge >= 0.3 is 0 Å². The van der Waals surface area contributed by atoms with E-state index >= 15 is 0 Å². The van der Waals surface area contributed by atoms with Crippen molar-refractivity contribution in [3.8, 4) is 17.2 Å². The van der Waals surface area contributed by atoms with Crippen molar-refractivity contribution in [2.45, 2.75) is 24.3 Å². The Bertz CT molecular complexity index is 958. The summed E-state index contributed by atoms with van der Waals surface area (Å²) < 4.78 is 12.6. The van der Waals surface area contributed by atoms with Crippen molar-refractivity contribution < 1.29 is 14.4 Å². The number of thioether (sulfide) groups is 1. The highest BCUT2D eigenvalue weighted by atomic mass is 32.2. The van der Waals surface area contributed by atoms with E-state index in [2.05, 4.69) is 10.2 Å². The Hall–Kier alpha value is -3.07. The van der Waals surface area contributed by atoms with Gasteiger partial charge in [0.25, 0.3) is 0 Å². The summed E-state index contributed by atoms with van der Waals surface area (Å²) in [7, 11) is 1.58. The number of benzene rings is 2. The van der Waals surface area contributed by atoms with Crippen LogP contribution in [0.3, 0.4) is 0 Å². The smallest absolute Gasteiger partial charge is 0.220 e. The second kappa shape index (κ2) is 9.42. The van der Waals surface area contributed by atoms with Crippen LogP contribution in [0.2, 0.25) is 0 Å². The number of nitro groups is 1. The van der Waals surface area contributed by atoms with E-state index in [0.29, 0.717) is 23.3 Å². The molecule has 0 radical (unpaired) electrons. The van der Waals surface area contributed by atoms with E-state index in [-0.39, 0.29) is 11.5 Å². The molecule has 0 saturated heterocycles. The lowest BCUT2D eigenvalue weighted by Crippen LogP contribution is -2.11. The molecule has 0 saturated carbocycles. The fourth-order valence-corrected chi connectivity index (χ4v) is 4.04. The largest absolute Gasteiger partial charge is 0.497 e. The summed E-state index contributed by atoms with van der Waals surface area (Å²) in [5, 5.41) is 19.9. The van der Waals surface area contributed by atoms with E-state index in [4.69, 9.17) is 9.47 Å². The van der Waals surface area contributed by atoms with Gasteiger partial charge in [0, 0.05) is 10.6 Å². The summed E-state index contributed by atoms with van der Waals surface area (Å²) in [6.07, 6.45) is 0. The van der Waals surface area contributed by atoms with Gasteiger partial charge < -0.3 is 9.47 Å². The monoisotopic (exact) mass is 414 g/mol. The third-order valence-corrected chi connectivity index (χ3v) is 5.43. The van der Waals surface area contributed by atoms with Gasteiger partial charge in [-0.3, -0.25) is 14.7 Å². The molecule has 0 aliphatic carbocycles. The van der Waals surface area contributed by atoms with Gasteiger partial charge in [-0.1, -0.05) is 23.9 Å². The first-order valence-electron chi connectivity index (χ1n) is 9.09.